The van der Waals surface area contributed by atoms with Gasteiger partial charge in [0.15, 0.2) is 0 Å². The third-order valence-corrected chi connectivity index (χ3v) is 7.95. The number of fused-ring (bicyclic) bond motifs is 5. The monoisotopic (exact) mass is 483 g/mol. The molecule has 3 aromatic rings. The summed E-state index contributed by atoms with van der Waals surface area (Å²) >= 11 is 3.58. The third kappa shape index (κ3) is 2.72. The Morgan fingerprint density at radius 1 is 0.750 bits per heavy atom. The minimum Gasteiger partial charge on any atom is -0.274 e. The molecule has 2 fully saturated rings. The van der Waals surface area contributed by atoms with E-state index in [1.807, 2.05) is 61.5 Å². The van der Waals surface area contributed by atoms with Crippen LogP contribution in [-0.4, -0.2) is 11.8 Å². The zero-order chi connectivity index (χ0) is 22.0. The molecule has 1 heterocycles. The van der Waals surface area contributed by atoms with Gasteiger partial charge >= 0.3 is 0 Å². The molecule has 4 atom stereocenters. The SMILES string of the molecule is Cc1ccc(N2C(=O)[C@@H]3[C@@H](C2=O)[C@@H]2C[C@@H]3C(c3ccccc3)=C2c2ccccc2)c(Br)c1. The van der Waals surface area contributed by atoms with Crippen LogP contribution in [0.25, 0.3) is 11.1 Å². The van der Waals surface area contributed by atoms with Crippen LogP contribution in [0, 0.1) is 30.6 Å². The molecule has 6 rings (SSSR count). The minimum atomic E-state index is -0.289. The van der Waals surface area contributed by atoms with Gasteiger partial charge in [-0.15, -0.1) is 0 Å². The van der Waals surface area contributed by atoms with E-state index in [1.54, 1.807) is 0 Å². The van der Waals surface area contributed by atoms with Gasteiger partial charge in [-0.05, 0) is 81.1 Å². The van der Waals surface area contributed by atoms with E-state index in [9.17, 15) is 9.59 Å². The van der Waals surface area contributed by atoms with Crippen LogP contribution in [0.4, 0.5) is 5.69 Å². The number of aryl methyl sites for hydroxylation is 1. The molecule has 4 heteroatoms. The van der Waals surface area contributed by atoms with Crippen LogP contribution in [0.5, 0.6) is 0 Å². The van der Waals surface area contributed by atoms with E-state index in [-0.39, 0.29) is 35.5 Å². The lowest BCUT2D eigenvalue weighted by molar-refractivity contribution is -0.123. The Balaban J connectivity index is 1.49. The maximum Gasteiger partial charge on any atom is 0.238 e. The summed E-state index contributed by atoms with van der Waals surface area (Å²) in [5.41, 5.74) is 6.55. The number of imide groups is 1. The van der Waals surface area contributed by atoms with E-state index in [4.69, 9.17) is 0 Å². The molecule has 32 heavy (non-hydrogen) atoms. The van der Waals surface area contributed by atoms with Gasteiger partial charge in [0.05, 0.1) is 17.5 Å². The topological polar surface area (TPSA) is 37.4 Å². The van der Waals surface area contributed by atoms with Crippen molar-refractivity contribution in [3.63, 3.8) is 0 Å². The molecule has 2 amide bonds. The summed E-state index contributed by atoms with van der Waals surface area (Å²) in [4.78, 5) is 28.9. The van der Waals surface area contributed by atoms with E-state index in [0.29, 0.717) is 5.69 Å². The fraction of sp³-hybridized carbons (Fsp3) is 0.214. The number of rotatable bonds is 3. The number of hydrogen-bond donors (Lipinski definition) is 0. The van der Waals surface area contributed by atoms with Gasteiger partial charge in [-0.25, -0.2) is 4.90 Å². The Labute approximate surface area is 195 Å². The molecule has 0 spiro atoms. The first-order valence-electron chi connectivity index (χ1n) is 11.0. The third-order valence-electron chi connectivity index (χ3n) is 7.32. The molecule has 0 radical (unpaired) electrons. The van der Waals surface area contributed by atoms with Crippen molar-refractivity contribution in [3.8, 4) is 0 Å². The molecule has 3 nitrogen and oxygen atoms in total. The number of benzene rings is 3. The van der Waals surface area contributed by atoms with E-state index in [1.165, 1.54) is 16.0 Å². The number of nitrogens with zero attached hydrogens (tertiary/aromatic N) is 1. The maximum atomic E-state index is 13.7. The van der Waals surface area contributed by atoms with Gasteiger partial charge in [-0.3, -0.25) is 9.59 Å². The normalized spacial score (nSPS) is 26.2. The van der Waals surface area contributed by atoms with Crippen molar-refractivity contribution in [1.82, 2.24) is 0 Å². The number of halogens is 1. The second kappa shape index (κ2) is 7.28. The molecule has 0 N–H and O–H groups in total. The highest BCUT2D eigenvalue weighted by molar-refractivity contribution is 9.10. The number of carbonyl (C=O) groups is 2. The van der Waals surface area contributed by atoms with Crippen LogP contribution in [0.15, 0.2) is 83.3 Å². The van der Waals surface area contributed by atoms with Gasteiger partial charge in [-0.1, -0.05) is 66.7 Å². The summed E-state index contributed by atoms with van der Waals surface area (Å²) in [6.45, 7) is 2.00. The van der Waals surface area contributed by atoms with Gasteiger partial charge < -0.3 is 0 Å². The van der Waals surface area contributed by atoms with Crippen LogP contribution in [0.2, 0.25) is 0 Å². The molecule has 2 bridgehead atoms. The summed E-state index contributed by atoms with van der Waals surface area (Å²) in [5, 5.41) is 0. The first kappa shape index (κ1) is 19.7. The van der Waals surface area contributed by atoms with Gasteiger partial charge in [0.1, 0.15) is 0 Å². The highest BCUT2D eigenvalue weighted by Crippen LogP contribution is 2.64. The summed E-state index contributed by atoms with van der Waals surface area (Å²) in [6, 6.07) is 26.5. The average molecular weight is 484 g/mol. The number of anilines is 1. The zero-order valence-corrected chi connectivity index (χ0v) is 19.2. The summed E-state index contributed by atoms with van der Waals surface area (Å²) in [6.07, 6.45) is 0.865. The first-order chi connectivity index (χ1) is 15.6. The molecular weight excluding hydrogens is 462 g/mol. The lowest BCUT2D eigenvalue weighted by Crippen LogP contribution is -2.33. The summed E-state index contributed by atoms with van der Waals surface area (Å²) in [7, 11) is 0. The predicted molar refractivity (Wildman–Crippen MR) is 130 cm³/mol. The van der Waals surface area contributed by atoms with Crippen molar-refractivity contribution >= 4 is 44.6 Å². The Hall–Kier alpha value is -2.98. The minimum absolute atomic E-state index is 0.0578. The number of amides is 2. The Bertz CT molecular complexity index is 1210. The van der Waals surface area contributed by atoms with Crippen molar-refractivity contribution in [2.75, 3.05) is 4.90 Å². The van der Waals surface area contributed by atoms with Crippen LogP contribution in [-0.2, 0) is 9.59 Å². The lowest BCUT2D eigenvalue weighted by Gasteiger charge is -2.27. The highest BCUT2D eigenvalue weighted by atomic mass is 79.9. The first-order valence-corrected chi connectivity index (χ1v) is 11.8. The average Bonchev–Trinajstić information content (AvgIpc) is 3.45. The second-order valence-electron chi connectivity index (χ2n) is 9.03. The molecule has 3 aliphatic rings. The Morgan fingerprint density at radius 2 is 1.25 bits per heavy atom. The number of hydrogen-bond acceptors (Lipinski definition) is 2. The van der Waals surface area contributed by atoms with E-state index >= 15 is 0 Å². The Morgan fingerprint density at radius 3 is 1.72 bits per heavy atom. The molecular formula is C28H22BrNO2. The van der Waals surface area contributed by atoms with Crippen molar-refractivity contribution in [2.45, 2.75) is 13.3 Å². The van der Waals surface area contributed by atoms with E-state index < -0.39 is 0 Å². The van der Waals surface area contributed by atoms with Gasteiger partial charge in [-0.2, -0.15) is 0 Å². The molecule has 3 aromatic carbocycles. The van der Waals surface area contributed by atoms with Crippen LogP contribution < -0.4 is 4.90 Å². The summed E-state index contributed by atoms with van der Waals surface area (Å²) < 4.78 is 0.783. The molecule has 1 saturated heterocycles. The fourth-order valence-electron chi connectivity index (χ4n) is 6.13. The van der Waals surface area contributed by atoms with Crippen LogP contribution in [0.1, 0.15) is 23.1 Å². The second-order valence-corrected chi connectivity index (χ2v) is 9.88. The van der Waals surface area contributed by atoms with Crippen LogP contribution >= 0.6 is 15.9 Å². The molecule has 1 saturated carbocycles. The molecule has 2 aliphatic carbocycles. The number of carbonyl (C=O) groups excluding carboxylic acids is 2. The largest absolute Gasteiger partial charge is 0.274 e. The quantitative estimate of drug-likeness (QED) is 0.420. The smallest absolute Gasteiger partial charge is 0.238 e. The van der Waals surface area contributed by atoms with Crippen molar-refractivity contribution < 1.29 is 9.59 Å². The molecule has 158 valence electrons. The maximum absolute atomic E-state index is 13.7. The van der Waals surface area contributed by atoms with E-state index in [0.717, 1.165) is 27.6 Å². The molecule has 0 aromatic heterocycles. The van der Waals surface area contributed by atoms with Gasteiger partial charge in [0.2, 0.25) is 11.8 Å². The van der Waals surface area contributed by atoms with Crippen molar-refractivity contribution in [2.24, 2.45) is 23.7 Å². The predicted octanol–water partition coefficient (Wildman–Crippen LogP) is 6.12. The van der Waals surface area contributed by atoms with Crippen LogP contribution in [0.3, 0.4) is 0 Å². The number of allylic oxidation sites excluding steroid dienone is 2. The van der Waals surface area contributed by atoms with Crippen molar-refractivity contribution in [1.29, 1.82) is 0 Å². The lowest BCUT2D eigenvalue weighted by atomic mass is 9.73. The Kier molecular flexibility index (Phi) is 4.48. The standard InChI is InChI=1S/C28H22BrNO2/c1-16-12-13-22(21(29)14-16)30-27(31)25-19-15-20(26(25)28(30)32)24(18-10-6-3-7-11-18)23(19)17-8-4-2-5-9-17/h2-14,19-20,25-26H,15H2,1H3/t19-,20-,25+,26+/m1/s1. The van der Waals surface area contributed by atoms with Gasteiger partial charge in [0, 0.05) is 4.47 Å². The van der Waals surface area contributed by atoms with Crippen molar-refractivity contribution in [3.05, 3.63) is 100 Å². The summed E-state index contributed by atoms with van der Waals surface area (Å²) in [5.74, 6) is -0.566. The molecule has 0 unspecified atom stereocenters. The fourth-order valence-corrected chi connectivity index (χ4v) is 6.80. The highest BCUT2D eigenvalue weighted by Gasteiger charge is 2.64. The van der Waals surface area contributed by atoms with E-state index in [2.05, 4.69) is 40.2 Å². The van der Waals surface area contributed by atoms with Gasteiger partial charge in [0.25, 0.3) is 0 Å². The molecule has 1 aliphatic heterocycles. The zero-order valence-electron chi connectivity index (χ0n) is 17.7.